The number of benzene rings is 2. The van der Waals surface area contributed by atoms with Crippen molar-refractivity contribution in [2.24, 2.45) is 5.92 Å². The van der Waals surface area contributed by atoms with E-state index in [9.17, 15) is 23.1 Å². The minimum atomic E-state index is -4.04. The molecule has 9 nitrogen and oxygen atoms in total. The van der Waals surface area contributed by atoms with Crippen molar-refractivity contribution in [2.75, 3.05) is 25.4 Å². The third-order valence-electron chi connectivity index (χ3n) is 5.00. The van der Waals surface area contributed by atoms with Crippen LogP contribution in [0.25, 0.3) is 0 Å². The molecule has 2 aromatic carbocycles. The Balaban J connectivity index is 1.93. The van der Waals surface area contributed by atoms with Crippen LogP contribution in [0.4, 0.5) is 5.69 Å². The minimum Gasteiger partial charge on any atom is -0.484 e. The third kappa shape index (κ3) is 8.35. The molecule has 0 aliphatic rings. The first-order valence-corrected chi connectivity index (χ1v) is 12.6. The highest BCUT2D eigenvalue weighted by Crippen LogP contribution is 2.23. The molecule has 0 aromatic heterocycles. The number of unbranched alkanes of at least 4 members (excludes halogenated alkanes) is 1. The zero-order valence-electron chi connectivity index (χ0n) is 19.5. The molecular formula is C24H33N3O6S. The van der Waals surface area contributed by atoms with Gasteiger partial charge in [-0.3, -0.25) is 9.59 Å². The number of carboxylic acid groups (broad SMARTS) is 1. The van der Waals surface area contributed by atoms with Crippen LogP contribution in [0.3, 0.4) is 0 Å². The average Bonchev–Trinajstić information content (AvgIpc) is 2.79. The van der Waals surface area contributed by atoms with Gasteiger partial charge in [-0.25, -0.2) is 8.42 Å². The van der Waals surface area contributed by atoms with E-state index in [4.69, 9.17) is 10.5 Å². The van der Waals surface area contributed by atoms with E-state index in [0.29, 0.717) is 30.8 Å². The highest BCUT2D eigenvalue weighted by Gasteiger charge is 2.35. The number of hydrogen-bond donors (Lipinski definition) is 3. The van der Waals surface area contributed by atoms with Crippen molar-refractivity contribution >= 4 is 27.6 Å². The second-order valence-electron chi connectivity index (χ2n) is 8.34. The van der Waals surface area contributed by atoms with Crippen LogP contribution in [-0.4, -0.2) is 55.4 Å². The van der Waals surface area contributed by atoms with Gasteiger partial charge in [0.1, 0.15) is 11.8 Å². The molecule has 10 heteroatoms. The second-order valence-corrected chi connectivity index (χ2v) is 10.2. The number of nitrogens with two attached hydrogens (primary N) is 1. The number of hydrogen-bond acceptors (Lipinski definition) is 6. The van der Waals surface area contributed by atoms with E-state index in [-0.39, 0.29) is 36.3 Å². The number of anilines is 1. The van der Waals surface area contributed by atoms with Crippen molar-refractivity contribution in [3.8, 4) is 5.75 Å². The van der Waals surface area contributed by atoms with Gasteiger partial charge in [-0.2, -0.15) is 4.31 Å². The average molecular weight is 492 g/mol. The molecule has 0 aliphatic heterocycles. The van der Waals surface area contributed by atoms with Crippen molar-refractivity contribution < 1.29 is 27.9 Å². The van der Waals surface area contributed by atoms with Gasteiger partial charge in [0.25, 0.3) is 5.91 Å². The maximum atomic E-state index is 13.2. The summed E-state index contributed by atoms with van der Waals surface area (Å²) in [6, 6.07) is 13.4. The number of ether oxygens (including phenoxy) is 1. The van der Waals surface area contributed by atoms with E-state index < -0.39 is 22.0 Å². The Labute approximate surface area is 201 Å². The second kappa shape index (κ2) is 13.0. The maximum Gasteiger partial charge on any atom is 0.322 e. The molecule has 0 saturated heterocycles. The van der Waals surface area contributed by atoms with Gasteiger partial charge >= 0.3 is 5.97 Å². The Bertz CT molecular complexity index is 1030. The lowest BCUT2D eigenvalue weighted by molar-refractivity contribution is -0.142. The lowest BCUT2D eigenvalue weighted by atomic mass is 10.1. The van der Waals surface area contributed by atoms with Gasteiger partial charge in [-0.15, -0.1) is 0 Å². The summed E-state index contributed by atoms with van der Waals surface area (Å²) in [7, 11) is -4.04. The molecular weight excluding hydrogens is 458 g/mol. The van der Waals surface area contributed by atoms with Crippen LogP contribution in [0.5, 0.6) is 5.75 Å². The van der Waals surface area contributed by atoms with Gasteiger partial charge < -0.3 is 20.9 Å². The number of carbonyl (C=O) groups is 2. The lowest BCUT2D eigenvalue weighted by Crippen LogP contribution is -2.46. The normalized spacial score (nSPS) is 12.5. The molecule has 0 unspecified atom stereocenters. The number of nitrogens with zero attached hydrogens (tertiary/aromatic N) is 1. The molecule has 0 saturated carbocycles. The summed E-state index contributed by atoms with van der Waals surface area (Å²) in [6.07, 6.45) is 1.04. The van der Waals surface area contributed by atoms with Crippen molar-refractivity contribution in [1.29, 1.82) is 0 Å². The summed E-state index contributed by atoms with van der Waals surface area (Å²) in [5.74, 6) is -0.977. The smallest absolute Gasteiger partial charge is 0.322 e. The van der Waals surface area contributed by atoms with Crippen molar-refractivity contribution in [3.05, 3.63) is 54.6 Å². The van der Waals surface area contributed by atoms with Crippen LogP contribution in [-0.2, 0) is 19.6 Å². The Morgan fingerprint density at radius 2 is 1.71 bits per heavy atom. The summed E-state index contributed by atoms with van der Waals surface area (Å²) in [6.45, 7) is 3.94. The molecule has 0 bridgehead atoms. The molecule has 186 valence electrons. The van der Waals surface area contributed by atoms with Crippen LogP contribution in [0.1, 0.15) is 33.1 Å². The molecule has 0 fully saturated rings. The summed E-state index contributed by atoms with van der Waals surface area (Å²) in [5, 5.41) is 12.5. The minimum absolute atomic E-state index is 0.000667. The fraction of sp³-hybridized carbons (Fsp3) is 0.417. The quantitative estimate of drug-likeness (QED) is 0.273. The zero-order valence-corrected chi connectivity index (χ0v) is 20.3. The largest absolute Gasteiger partial charge is 0.484 e. The number of amides is 1. The predicted octanol–water partition coefficient (Wildman–Crippen LogP) is 2.73. The van der Waals surface area contributed by atoms with E-state index in [1.165, 1.54) is 24.3 Å². The monoisotopic (exact) mass is 491 g/mol. The molecule has 1 atom stereocenters. The Morgan fingerprint density at radius 3 is 2.29 bits per heavy atom. The lowest BCUT2D eigenvalue weighted by Gasteiger charge is -2.29. The highest BCUT2D eigenvalue weighted by atomic mass is 32.2. The van der Waals surface area contributed by atoms with Gasteiger partial charge in [0.2, 0.25) is 10.0 Å². The number of sulfonamides is 1. The summed E-state index contributed by atoms with van der Waals surface area (Å²) in [5.41, 5.74) is 6.08. The van der Waals surface area contributed by atoms with Crippen molar-refractivity contribution in [2.45, 2.75) is 44.0 Å². The molecule has 1 amide bonds. The van der Waals surface area contributed by atoms with Crippen LogP contribution in [0.15, 0.2) is 59.5 Å². The van der Waals surface area contributed by atoms with E-state index in [2.05, 4.69) is 5.32 Å². The predicted molar refractivity (Wildman–Crippen MR) is 130 cm³/mol. The fourth-order valence-corrected chi connectivity index (χ4v) is 5.10. The number of nitrogens with one attached hydrogen (secondary N) is 1. The molecule has 34 heavy (non-hydrogen) atoms. The van der Waals surface area contributed by atoms with Crippen molar-refractivity contribution in [1.82, 2.24) is 9.62 Å². The van der Waals surface area contributed by atoms with Crippen LogP contribution in [0, 0.1) is 5.92 Å². The van der Waals surface area contributed by atoms with Gasteiger partial charge in [0, 0.05) is 18.8 Å². The van der Waals surface area contributed by atoms with E-state index in [1.807, 2.05) is 32.0 Å². The van der Waals surface area contributed by atoms with Crippen LogP contribution in [0.2, 0.25) is 0 Å². The number of carbonyl (C=O) groups excluding carboxylic acids is 1. The number of aliphatic carboxylic acids is 1. The van der Waals surface area contributed by atoms with Crippen LogP contribution < -0.4 is 15.8 Å². The van der Waals surface area contributed by atoms with E-state index in [1.54, 1.807) is 12.1 Å². The first kappa shape index (κ1) is 27.1. The molecule has 0 heterocycles. The Hall–Kier alpha value is -3.11. The first-order valence-electron chi connectivity index (χ1n) is 11.2. The highest BCUT2D eigenvalue weighted by molar-refractivity contribution is 7.89. The van der Waals surface area contributed by atoms with Gasteiger partial charge in [0.15, 0.2) is 6.61 Å². The molecule has 2 aromatic rings. The van der Waals surface area contributed by atoms with Crippen molar-refractivity contribution in [3.63, 3.8) is 0 Å². The molecule has 0 radical (unpaired) electrons. The van der Waals surface area contributed by atoms with Gasteiger partial charge in [-0.05, 0) is 61.6 Å². The van der Waals surface area contributed by atoms with Crippen LogP contribution >= 0.6 is 0 Å². The maximum absolute atomic E-state index is 13.2. The summed E-state index contributed by atoms with van der Waals surface area (Å²) >= 11 is 0. The molecule has 2 rings (SSSR count). The number of nitrogen functional groups attached to an aromatic ring is 1. The fourth-order valence-electron chi connectivity index (χ4n) is 3.33. The number of para-hydroxylation sites is 1. The van der Waals surface area contributed by atoms with E-state index in [0.717, 1.165) is 4.31 Å². The standard InChI is InChI=1S/C24H33N3O6S/c1-18(2)16-27(34(31,32)21-13-11-19(25)12-14-21)22(24(29)30)10-6-7-15-26-23(28)17-33-20-8-4-3-5-9-20/h3-5,8-9,11-14,18,22H,6-7,10,15-17,25H2,1-2H3,(H,26,28)(H,29,30)/t22-/m0/s1. The number of rotatable bonds is 14. The third-order valence-corrected chi connectivity index (χ3v) is 6.89. The van der Waals surface area contributed by atoms with Gasteiger partial charge in [0.05, 0.1) is 4.90 Å². The first-order chi connectivity index (χ1) is 16.1. The van der Waals surface area contributed by atoms with Gasteiger partial charge in [-0.1, -0.05) is 32.0 Å². The molecule has 0 aliphatic carbocycles. The van der Waals surface area contributed by atoms with E-state index >= 15 is 0 Å². The molecule has 0 spiro atoms. The SMILES string of the molecule is CC(C)CN([C@@H](CCCCNC(=O)COc1ccccc1)C(=O)O)S(=O)(=O)c1ccc(N)cc1. The Morgan fingerprint density at radius 1 is 1.06 bits per heavy atom. The zero-order chi connectivity index (χ0) is 25.1. The number of carboxylic acids is 1. The Kier molecular flexibility index (Phi) is 10.3. The summed E-state index contributed by atoms with van der Waals surface area (Å²) in [4.78, 5) is 24.0. The topological polar surface area (TPSA) is 139 Å². The summed E-state index contributed by atoms with van der Waals surface area (Å²) < 4.78 is 32.9. The molecule has 4 N–H and O–H groups in total.